The highest BCUT2D eigenvalue weighted by Crippen LogP contribution is 2.10. The lowest BCUT2D eigenvalue weighted by Crippen LogP contribution is -2.36. The number of halogens is 1. The van der Waals surface area contributed by atoms with Gasteiger partial charge >= 0.3 is 0 Å². The molecule has 4 nitrogen and oxygen atoms in total. The van der Waals surface area contributed by atoms with Crippen molar-refractivity contribution >= 4 is 5.91 Å². The number of nitrogens with one attached hydrogen (secondary N) is 1. The van der Waals surface area contributed by atoms with Gasteiger partial charge in [0.1, 0.15) is 5.82 Å². The SMILES string of the molecule is CCN(CC(=O)NCc1ccc(F)cc1)Cc1ccccc1C#N. The summed E-state index contributed by atoms with van der Waals surface area (Å²) in [4.78, 5) is 14.1. The highest BCUT2D eigenvalue weighted by atomic mass is 19.1. The average Bonchev–Trinajstić information content (AvgIpc) is 2.61. The van der Waals surface area contributed by atoms with Crippen LogP contribution in [0.3, 0.4) is 0 Å². The summed E-state index contributed by atoms with van der Waals surface area (Å²) in [7, 11) is 0. The van der Waals surface area contributed by atoms with Gasteiger partial charge in [0.25, 0.3) is 0 Å². The van der Waals surface area contributed by atoms with E-state index in [9.17, 15) is 9.18 Å². The molecule has 0 spiro atoms. The van der Waals surface area contributed by atoms with E-state index in [1.54, 1.807) is 18.2 Å². The van der Waals surface area contributed by atoms with Crippen LogP contribution >= 0.6 is 0 Å². The number of benzene rings is 2. The van der Waals surface area contributed by atoms with Gasteiger partial charge in [0, 0.05) is 13.1 Å². The predicted octanol–water partition coefficient (Wildman–Crippen LogP) is 2.84. The number of carbonyl (C=O) groups is 1. The van der Waals surface area contributed by atoms with Crippen LogP contribution in [0.2, 0.25) is 0 Å². The van der Waals surface area contributed by atoms with Crippen LogP contribution in [0.15, 0.2) is 48.5 Å². The molecule has 24 heavy (non-hydrogen) atoms. The number of hydrogen-bond donors (Lipinski definition) is 1. The zero-order chi connectivity index (χ0) is 17.4. The summed E-state index contributed by atoms with van der Waals surface area (Å²) in [5.74, 6) is -0.394. The third kappa shape index (κ3) is 5.18. The molecule has 0 unspecified atom stereocenters. The number of carbonyl (C=O) groups excluding carboxylic acids is 1. The summed E-state index contributed by atoms with van der Waals surface area (Å²) >= 11 is 0. The lowest BCUT2D eigenvalue weighted by atomic mass is 10.1. The summed E-state index contributed by atoms with van der Waals surface area (Å²) < 4.78 is 12.9. The van der Waals surface area contributed by atoms with E-state index in [-0.39, 0.29) is 18.3 Å². The van der Waals surface area contributed by atoms with E-state index in [0.717, 1.165) is 11.1 Å². The first-order chi connectivity index (χ1) is 11.6. The highest BCUT2D eigenvalue weighted by molar-refractivity contribution is 5.78. The number of nitrogens with zero attached hydrogens (tertiary/aromatic N) is 2. The molecule has 0 saturated carbocycles. The first kappa shape index (κ1) is 17.6. The van der Waals surface area contributed by atoms with Crippen molar-refractivity contribution in [3.63, 3.8) is 0 Å². The van der Waals surface area contributed by atoms with Crippen molar-refractivity contribution in [3.05, 3.63) is 71.0 Å². The van der Waals surface area contributed by atoms with Crippen LogP contribution in [0.5, 0.6) is 0 Å². The van der Waals surface area contributed by atoms with Crippen LogP contribution in [0, 0.1) is 17.1 Å². The molecule has 0 heterocycles. The molecule has 0 aliphatic rings. The molecule has 0 atom stereocenters. The lowest BCUT2D eigenvalue weighted by molar-refractivity contribution is -0.122. The van der Waals surface area contributed by atoms with Crippen LogP contribution in [0.25, 0.3) is 0 Å². The minimum Gasteiger partial charge on any atom is -0.351 e. The molecule has 0 aliphatic carbocycles. The van der Waals surface area contributed by atoms with Gasteiger partial charge in [-0.25, -0.2) is 4.39 Å². The number of rotatable bonds is 7. The molecule has 0 bridgehead atoms. The first-order valence-electron chi connectivity index (χ1n) is 7.84. The molecular formula is C19H20FN3O. The molecule has 2 aromatic rings. The van der Waals surface area contributed by atoms with Gasteiger partial charge in [-0.05, 0) is 35.9 Å². The second-order valence-corrected chi connectivity index (χ2v) is 5.48. The maximum Gasteiger partial charge on any atom is 0.234 e. The largest absolute Gasteiger partial charge is 0.351 e. The van der Waals surface area contributed by atoms with Gasteiger partial charge in [-0.2, -0.15) is 5.26 Å². The fourth-order valence-electron chi connectivity index (χ4n) is 2.35. The summed E-state index contributed by atoms with van der Waals surface area (Å²) in [6.45, 7) is 3.83. The molecule has 0 fully saturated rings. The number of amides is 1. The normalized spacial score (nSPS) is 10.4. The van der Waals surface area contributed by atoms with Crippen LogP contribution < -0.4 is 5.32 Å². The maximum atomic E-state index is 12.9. The van der Waals surface area contributed by atoms with Crippen LogP contribution in [0.4, 0.5) is 4.39 Å². The van der Waals surface area contributed by atoms with E-state index in [2.05, 4.69) is 11.4 Å². The predicted molar refractivity (Wildman–Crippen MR) is 90.4 cm³/mol. The lowest BCUT2D eigenvalue weighted by Gasteiger charge is -2.20. The smallest absolute Gasteiger partial charge is 0.234 e. The quantitative estimate of drug-likeness (QED) is 0.851. The molecular weight excluding hydrogens is 305 g/mol. The van der Waals surface area contributed by atoms with Crippen molar-refractivity contribution in [2.45, 2.75) is 20.0 Å². The number of hydrogen-bond acceptors (Lipinski definition) is 3. The first-order valence-corrected chi connectivity index (χ1v) is 7.84. The Kier molecular flexibility index (Phi) is 6.47. The van der Waals surface area contributed by atoms with Gasteiger partial charge in [0.2, 0.25) is 5.91 Å². The van der Waals surface area contributed by atoms with Crippen molar-refractivity contribution < 1.29 is 9.18 Å². The Morgan fingerprint density at radius 2 is 1.92 bits per heavy atom. The Bertz CT molecular complexity index is 722. The summed E-state index contributed by atoms with van der Waals surface area (Å²) in [5, 5.41) is 12.0. The van der Waals surface area contributed by atoms with E-state index in [1.165, 1.54) is 12.1 Å². The van der Waals surface area contributed by atoms with Gasteiger partial charge in [-0.3, -0.25) is 9.69 Å². The Morgan fingerprint density at radius 1 is 1.21 bits per heavy atom. The Morgan fingerprint density at radius 3 is 2.58 bits per heavy atom. The molecule has 124 valence electrons. The van der Waals surface area contributed by atoms with E-state index in [1.807, 2.05) is 30.0 Å². The standard InChI is InChI=1S/C19H20FN3O/c1-2-23(13-17-6-4-3-5-16(17)11-21)14-19(24)22-12-15-7-9-18(20)10-8-15/h3-10H,2,12-14H2,1H3,(H,22,24). The highest BCUT2D eigenvalue weighted by Gasteiger charge is 2.11. The Labute approximate surface area is 141 Å². The Balaban J connectivity index is 1.88. The fraction of sp³-hybridized carbons (Fsp3) is 0.263. The van der Waals surface area contributed by atoms with Gasteiger partial charge < -0.3 is 5.32 Å². The molecule has 2 rings (SSSR count). The number of likely N-dealkylation sites (N-methyl/N-ethyl adjacent to an activating group) is 1. The van der Waals surface area contributed by atoms with Crippen molar-refractivity contribution in [3.8, 4) is 6.07 Å². The fourth-order valence-corrected chi connectivity index (χ4v) is 2.35. The number of nitriles is 1. The second-order valence-electron chi connectivity index (χ2n) is 5.48. The molecule has 5 heteroatoms. The molecule has 2 aromatic carbocycles. The van der Waals surface area contributed by atoms with Gasteiger partial charge in [-0.1, -0.05) is 37.3 Å². The third-order valence-corrected chi connectivity index (χ3v) is 3.75. The Hall–Kier alpha value is -2.71. The van der Waals surface area contributed by atoms with E-state index in [4.69, 9.17) is 5.26 Å². The van der Waals surface area contributed by atoms with Crippen molar-refractivity contribution in [1.82, 2.24) is 10.2 Å². The molecule has 0 aromatic heterocycles. The second kappa shape index (κ2) is 8.80. The van der Waals surface area contributed by atoms with Gasteiger partial charge in [0.05, 0.1) is 18.2 Å². The van der Waals surface area contributed by atoms with Crippen molar-refractivity contribution in [1.29, 1.82) is 5.26 Å². The summed E-state index contributed by atoms with van der Waals surface area (Å²) in [6.07, 6.45) is 0. The van der Waals surface area contributed by atoms with Gasteiger partial charge in [0.15, 0.2) is 0 Å². The summed E-state index contributed by atoms with van der Waals surface area (Å²) in [6, 6.07) is 15.6. The van der Waals surface area contributed by atoms with Crippen LogP contribution in [0.1, 0.15) is 23.6 Å². The summed E-state index contributed by atoms with van der Waals surface area (Å²) in [5.41, 5.74) is 2.39. The van der Waals surface area contributed by atoms with Gasteiger partial charge in [-0.15, -0.1) is 0 Å². The minimum atomic E-state index is -0.293. The molecule has 0 aliphatic heterocycles. The van der Waals surface area contributed by atoms with Crippen molar-refractivity contribution in [2.24, 2.45) is 0 Å². The zero-order valence-corrected chi connectivity index (χ0v) is 13.6. The van der Waals surface area contributed by atoms with E-state index >= 15 is 0 Å². The maximum absolute atomic E-state index is 12.9. The minimum absolute atomic E-state index is 0.101. The van der Waals surface area contributed by atoms with Crippen LogP contribution in [-0.4, -0.2) is 23.9 Å². The molecule has 1 N–H and O–H groups in total. The monoisotopic (exact) mass is 325 g/mol. The average molecular weight is 325 g/mol. The zero-order valence-electron chi connectivity index (χ0n) is 13.6. The van der Waals surface area contributed by atoms with Crippen LogP contribution in [-0.2, 0) is 17.9 Å². The molecule has 1 amide bonds. The topological polar surface area (TPSA) is 56.1 Å². The third-order valence-electron chi connectivity index (χ3n) is 3.75. The molecule has 0 radical (unpaired) electrons. The van der Waals surface area contributed by atoms with E-state index in [0.29, 0.717) is 25.2 Å². The molecule has 0 saturated heterocycles. The van der Waals surface area contributed by atoms with Crippen molar-refractivity contribution in [2.75, 3.05) is 13.1 Å². The van der Waals surface area contributed by atoms with E-state index < -0.39 is 0 Å².